The predicted octanol–water partition coefficient (Wildman–Crippen LogP) is 0.613. The molecule has 0 unspecified atom stereocenters. The summed E-state index contributed by atoms with van der Waals surface area (Å²) in [6, 6.07) is 8.41. The Balaban J connectivity index is 1.61. The number of hydrogen-bond donors (Lipinski definition) is 2. The number of carbonyl (C=O) groups is 1. The van der Waals surface area contributed by atoms with Gasteiger partial charge in [-0.1, -0.05) is 12.1 Å². The fourth-order valence-electron chi connectivity index (χ4n) is 2.97. The number of rotatable bonds is 5. The first-order valence-electron chi connectivity index (χ1n) is 8.36. The molecule has 2 heterocycles. The Hall–Kier alpha value is -2.39. The number of phenols is 1. The first-order valence-corrected chi connectivity index (χ1v) is 10.2. The van der Waals surface area contributed by atoms with E-state index in [1.165, 1.54) is 10.6 Å². The van der Waals surface area contributed by atoms with Gasteiger partial charge in [0.15, 0.2) is 0 Å². The molecule has 26 heavy (non-hydrogen) atoms. The molecule has 3 rings (SSSR count). The van der Waals surface area contributed by atoms with Gasteiger partial charge in [-0.3, -0.25) is 9.48 Å². The molecule has 2 aromatic rings. The Morgan fingerprint density at radius 2 is 2.12 bits per heavy atom. The number of aromatic nitrogens is 2. The van der Waals surface area contributed by atoms with E-state index in [4.69, 9.17) is 0 Å². The van der Waals surface area contributed by atoms with Crippen molar-refractivity contribution in [2.45, 2.75) is 32.5 Å². The van der Waals surface area contributed by atoms with Crippen LogP contribution < -0.4 is 5.32 Å². The molecule has 0 bridgehead atoms. The molecule has 0 aliphatic carbocycles. The van der Waals surface area contributed by atoms with E-state index in [-0.39, 0.29) is 24.6 Å². The van der Waals surface area contributed by atoms with Crippen molar-refractivity contribution in [3.63, 3.8) is 0 Å². The highest BCUT2D eigenvalue weighted by molar-refractivity contribution is 7.88. The molecule has 9 heteroatoms. The maximum atomic E-state index is 12.1. The van der Waals surface area contributed by atoms with Gasteiger partial charge in [-0.2, -0.15) is 9.40 Å². The standard InChI is InChI=1S/C17H22N4O4S/c1-26(24,25)20-6-3-7-21-15(12-20)10-14(19-21)11-18-17(23)9-13-4-2-5-16(22)8-13/h2,4-5,8,10,22H,3,6-7,9,11-12H2,1H3,(H,18,23). The van der Waals surface area contributed by atoms with Crippen molar-refractivity contribution in [1.29, 1.82) is 0 Å². The first-order chi connectivity index (χ1) is 12.3. The minimum absolute atomic E-state index is 0.128. The molecular formula is C17H22N4O4S. The Labute approximate surface area is 152 Å². The Bertz CT molecular complexity index is 907. The topological polar surface area (TPSA) is 105 Å². The number of aromatic hydroxyl groups is 1. The third-order valence-electron chi connectivity index (χ3n) is 4.24. The molecule has 0 spiro atoms. The summed E-state index contributed by atoms with van der Waals surface area (Å²) in [4.78, 5) is 12.1. The normalized spacial score (nSPS) is 15.3. The van der Waals surface area contributed by atoms with Crippen LogP contribution in [0.25, 0.3) is 0 Å². The van der Waals surface area contributed by atoms with Crippen molar-refractivity contribution < 1.29 is 18.3 Å². The van der Waals surface area contributed by atoms with Crippen LogP contribution in [-0.2, 0) is 40.9 Å². The van der Waals surface area contributed by atoms with Crippen LogP contribution >= 0.6 is 0 Å². The molecule has 1 amide bonds. The molecule has 0 radical (unpaired) electrons. The van der Waals surface area contributed by atoms with Crippen LogP contribution in [0.1, 0.15) is 23.4 Å². The van der Waals surface area contributed by atoms with Crippen molar-refractivity contribution in [1.82, 2.24) is 19.4 Å². The molecule has 2 N–H and O–H groups in total. The van der Waals surface area contributed by atoms with Crippen molar-refractivity contribution in [2.75, 3.05) is 12.8 Å². The molecule has 0 saturated carbocycles. The summed E-state index contributed by atoms with van der Waals surface area (Å²) in [6.45, 7) is 1.70. The van der Waals surface area contributed by atoms with Crippen LogP contribution in [-0.4, -0.2) is 46.3 Å². The lowest BCUT2D eigenvalue weighted by molar-refractivity contribution is -0.120. The minimum atomic E-state index is -3.24. The van der Waals surface area contributed by atoms with E-state index in [9.17, 15) is 18.3 Å². The lowest BCUT2D eigenvalue weighted by Crippen LogP contribution is -2.29. The Kier molecular flexibility index (Phi) is 5.28. The lowest BCUT2D eigenvalue weighted by Gasteiger charge is -2.16. The van der Waals surface area contributed by atoms with E-state index in [1.54, 1.807) is 24.3 Å². The summed E-state index contributed by atoms with van der Waals surface area (Å²) < 4.78 is 26.8. The average Bonchev–Trinajstić information content (AvgIpc) is 2.82. The van der Waals surface area contributed by atoms with Gasteiger partial charge in [-0.05, 0) is 30.2 Å². The number of nitrogens with zero attached hydrogens (tertiary/aromatic N) is 3. The number of phenolic OH excluding ortho intramolecular Hbond substituents is 1. The number of nitrogens with one attached hydrogen (secondary N) is 1. The third kappa shape index (κ3) is 4.61. The Morgan fingerprint density at radius 3 is 2.85 bits per heavy atom. The molecule has 8 nitrogen and oxygen atoms in total. The molecule has 1 aromatic heterocycles. The number of benzene rings is 1. The predicted molar refractivity (Wildman–Crippen MR) is 95.8 cm³/mol. The highest BCUT2D eigenvalue weighted by Crippen LogP contribution is 2.16. The zero-order valence-corrected chi connectivity index (χ0v) is 15.4. The van der Waals surface area contributed by atoms with Gasteiger partial charge in [0, 0.05) is 13.1 Å². The van der Waals surface area contributed by atoms with Gasteiger partial charge in [0.05, 0.1) is 37.2 Å². The minimum Gasteiger partial charge on any atom is -0.508 e. The number of amides is 1. The lowest BCUT2D eigenvalue weighted by atomic mass is 10.1. The molecule has 140 valence electrons. The van der Waals surface area contributed by atoms with Crippen LogP contribution in [0.2, 0.25) is 0 Å². The van der Waals surface area contributed by atoms with Gasteiger partial charge in [-0.25, -0.2) is 8.42 Å². The molecule has 0 atom stereocenters. The van der Waals surface area contributed by atoms with Crippen LogP contribution in [0, 0.1) is 0 Å². The van der Waals surface area contributed by atoms with E-state index < -0.39 is 10.0 Å². The zero-order valence-electron chi connectivity index (χ0n) is 14.6. The molecule has 0 saturated heterocycles. The number of fused-ring (bicyclic) bond motifs is 1. The van der Waals surface area contributed by atoms with E-state index in [1.807, 2.05) is 10.7 Å². The zero-order chi connectivity index (χ0) is 18.7. The van der Waals surface area contributed by atoms with Crippen LogP contribution in [0.5, 0.6) is 5.75 Å². The van der Waals surface area contributed by atoms with Gasteiger partial charge in [0.1, 0.15) is 5.75 Å². The smallest absolute Gasteiger partial charge is 0.224 e. The largest absolute Gasteiger partial charge is 0.508 e. The van der Waals surface area contributed by atoms with Gasteiger partial charge in [-0.15, -0.1) is 0 Å². The molecule has 1 aliphatic heterocycles. The fraction of sp³-hybridized carbons (Fsp3) is 0.412. The van der Waals surface area contributed by atoms with Crippen LogP contribution in [0.15, 0.2) is 30.3 Å². The van der Waals surface area contributed by atoms with Crippen molar-refractivity contribution >= 4 is 15.9 Å². The number of aryl methyl sites for hydroxylation is 1. The van der Waals surface area contributed by atoms with E-state index in [0.717, 1.165) is 11.3 Å². The molecule has 1 aromatic carbocycles. The van der Waals surface area contributed by atoms with Crippen molar-refractivity contribution in [2.24, 2.45) is 0 Å². The summed E-state index contributed by atoms with van der Waals surface area (Å²) in [5.41, 5.74) is 2.25. The van der Waals surface area contributed by atoms with E-state index >= 15 is 0 Å². The highest BCUT2D eigenvalue weighted by Gasteiger charge is 2.22. The van der Waals surface area contributed by atoms with E-state index in [2.05, 4.69) is 10.4 Å². The monoisotopic (exact) mass is 378 g/mol. The van der Waals surface area contributed by atoms with Gasteiger partial charge in [0.25, 0.3) is 0 Å². The van der Waals surface area contributed by atoms with E-state index in [0.29, 0.717) is 31.7 Å². The van der Waals surface area contributed by atoms with Gasteiger partial charge in [0.2, 0.25) is 15.9 Å². The molecule has 1 aliphatic rings. The second-order valence-electron chi connectivity index (χ2n) is 6.42. The first kappa shape index (κ1) is 18.4. The second-order valence-corrected chi connectivity index (χ2v) is 8.41. The quantitative estimate of drug-likeness (QED) is 0.793. The maximum Gasteiger partial charge on any atom is 0.224 e. The highest BCUT2D eigenvalue weighted by atomic mass is 32.2. The summed E-state index contributed by atoms with van der Waals surface area (Å²) in [6.07, 6.45) is 2.08. The summed E-state index contributed by atoms with van der Waals surface area (Å²) in [5.74, 6) is -0.0415. The number of carbonyl (C=O) groups excluding carboxylic acids is 1. The van der Waals surface area contributed by atoms with Crippen molar-refractivity contribution in [3.05, 3.63) is 47.3 Å². The summed E-state index contributed by atoms with van der Waals surface area (Å²) in [7, 11) is -3.24. The molecule has 0 fully saturated rings. The van der Waals surface area contributed by atoms with Gasteiger partial charge < -0.3 is 10.4 Å². The van der Waals surface area contributed by atoms with Crippen LogP contribution in [0.3, 0.4) is 0 Å². The SMILES string of the molecule is CS(=O)(=O)N1CCCn2nc(CNC(=O)Cc3cccc(O)c3)cc2C1. The van der Waals surface area contributed by atoms with Gasteiger partial charge >= 0.3 is 0 Å². The fourth-order valence-corrected chi connectivity index (χ4v) is 3.79. The average molecular weight is 378 g/mol. The number of sulfonamides is 1. The second kappa shape index (κ2) is 7.46. The summed E-state index contributed by atoms with van der Waals surface area (Å²) >= 11 is 0. The third-order valence-corrected chi connectivity index (χ3v) is 5.49. The molecular weight excluding hydrogens is 356 g/mol. The van der Waals surface area contributed by atoms with Crippen molar-refractivity contribution in [3.8, 4) is 5.75 Å². The maximum absolute atomic E-state index is 12.1. The summed E-state index contributed by atoms with van der Waals surface area (Å²) in [5, 5.41) is 16.7. The van der Waals surface area contributed by atoms with Crippen LogP contribution in [0.4, 0.5) is 0 Å². The Morgan fingerprint density at radius 1 is 1.31 bits per heavy atom. The number of hydrogen-bond acceptors (Lipinski definition) is 5.